The SMILES string of the molecule is COc1cc(O)c(C2C3=CCC4C(=O)N(c5cccc(B(O)O)c5)C(=O)C4C3CC3C(=O)N(c4cccc(Cl)c4)C(=O)C32c2ccccc2)c(OC)c1. The van der Waals surface area contributed by atoms with Gasteiger partial charge in [0.2, 0.25) is 23.6 Å². The van der Waals surface area contributed by atoms with Crippen molar-refractivity contribution < 1.29 is 43.8 Å². The van der Waals surface area contributed by atoms with E-state index < -0.39 is 65.8 Å². The van der Waals surface area contributed by atoms with Gasteiger partial charge in [0.05, 0.1) is 48.8 Å². The first-order valence-electron chi connectivity index (χ1n) is 17.2. The maximum Gasteiger partial charge on any atom is 0.488 e. The molecule has 268 valence electrons. The van der Waals surface area contributed by atoms with Crippen molar-refractivity contribution in [3.05, 3.63) is 119 Å². The van der Waals surface area contributed by atoms with Crippen LogP contribution in [0, 0.1) is 23.7 Å². The van der Waals surface area contributed by atoms with Crippen molar-refractivity contribution in [1.82, 2.24) is 0 Å². The van der Waals surface area contributed by atoms with Crippen LogP contribution in [0.2, 0.25) is 5.02 Å². The molecule has 2 heterocycles. The third kappa shape index (κ3) is 5.03. The van der Waals surface area contributed by atoms with Crippen molar-refractivity contribution >= 4 is 59.2 Å². The summed E-state index contributed by atoms with van der Waals surface area (Å²) in [7, 11) is 1.07. The number of methoxy groups -OCH3 is 2. The van der Waals surface area contributed by atoms with Crippen molar-refractivity contribution in [3.8, 4) is 17.2 Å². The zero-order valence-electron chi connectivity index (χ0n) is 28.7. The zero-order valence-corrected chi connectivity index (χ0v) is 29.4. The first-order chi connectivity index (χ1) is 25.5. The fraction of sp³-hybridized carbons (Fsp3) is 0.250. The summed E-state index contributed by atoms with van der Waals surface area (Å²) in [5, 5.41) is 31.9. The number of nitrogens with zero attached hydrogens (tertiary/aromatic N) is 2. The van der Waals surface area contributed by atoms with Gasteiger partial charge in [-0.3, -0.25) is 24.1 Å². The molecule has 3 N–H and O–H groups in total. The van der Waals surface area contributed by atoms with E-state index in [1.807, 2.05) is 12.1 Å². The average Bonchev–Trinajstić information content (AvgIpc) is 3.55. The van der Waals surface area contributed by atoms with Crippen LogP contribution >= 0.6 is 11.6 Å². The normalized spacial score (nSPS) is 26.2. The first kappa shape index (κ1) is 34.6. The number of phenols is 1. The molecule has 4 aromatic carbocycles. The van der Waals surface area contributed by atoms with E-state index in [0.717, 1.165) is 9.80 Å². The molecule has 0 spiro atoms. The van der Waals surface area contributed by atoms with Crippen molar-refractivity contribution in [3.63, 3.8) is 0 Å². The molecule has 8 rings (SSSR count). The summed E-state index contributed by atoms with van der Waals surface area (Å²) >= 11 is 6.40. The zero-order chi connectivity index (χ0) is 37.3. The van der Waals surface area contributed by atoms with Gasteiger partial charge < -0.3 is 24.6 Å². The Kier molecular flexibility index (Phi) is 8.44. The molecule has 2 aliphatic carbocycles. The predicted molar refractivity (Wildman–Crippen MR) is 196 cm³/mol. The number of ether oxygens (including phenoxy) is 2. The second kappa shape index (κ2) is 12.9. The van der Waals surface area contributed by atoms with Crippen LogP contribution in [0.1, 0.15) is 29.9 Å². The molecular weight excluding hydrogens is 699 g/mol. The highest BCUT2D eigenvalue weighted by molar-refractivity contribution is 6.58. The Hall–Kier alpha value is -5.43. The summed E-state index contributed by atoms with van der Waals surface area (Å²) < 4.78 is 11.3. The lowest BCUT2D eigenvalue weighted by Crippen LogP contribution is -2.53. The molecule has 11 nitrogen and oxygen atoms in total. The van der Waals surface area contributed by atoms with Gasteiger partial charge in [-0.2, -0.15) is 0 Å². The van der Waals surface area contributed by atoms with Crippen LogP contribution in [0.15, 0.2) is 103 Å². The molecular formula is C40H34BClN2O9. The molecule has 3 fully saturated rings. The topological polar surface area (TPSA) is 154 Å². The fourth-order valence-corrected chi connectivity index (χ4v) is 9.49. The maximum atomic E-state index is 15.5. The van der Waals surface area contributed by atoms with E-state index in [1.54, 1.807) is 60.7 Å². The highest BCUT2D eigenvalue weighted by Gasteiger charge is 2.71. The van der Waals surface area contributed by atoms with Crippen molar-refractivity contribution in [1.29, 1.82) is 0 Å². The fourth-order valence-electron chi connectivity index (χ4n) is 9.30. The number of anilines is 2. The minimum absolute atomic E-state index is 0.0432. The summed E-state index contributed by atoms with van der Waals surface area (Å²) in [6.45, 7) is 0. The van der Waals surface area contributed by atoms with Crippen LogP contribution in [-0.2, 0) is 24.6 Å². The molecule has 4 amide bonds. The Morgan fingerprint density at radius 2 is 1.51 bits per heavy atom. The summed E-state index contributed by atoms with van der Waals surface area (Å²) in [5.41, 5.74) is 0.353. The van der Waals surface area contributed by atoms with E-state index >= 15 is 4.79 Å². The molecule has 2 aliphatic heterocycles. The quantitative estimate of drug-likeness (QED) is 0.145. The Labute approximate surface area is 310 Å². The highest BCUT2D eigenvalue weighted by Crippen LogP contribution is 2.66. The van der Waals surface area contributed by atoms with E-state index in [4.69, 9.17) is 21.1 Å². The minimum Gasteiger partial charge on any atom is -0.507 e. The van der Waals surface area contributed by atoms with Crippen LogP contribution < -0.4 is 24.7 Å². The largest absolute Gasteiger partial charge is 0.507 e. The summed E-state index contributed by atoms with van der Waals surface area (Å²) in [6, 6.07) is 24.4. The van der Waals surface area contributed by atoms with Gasteiger partial charge in [-0.15, -0.1) is 0 Å². The van der Waals surface area contributed by atoms with Gasteiger partial charge in [-0.1, -0.05) is 71.8 Å². The molecule has 13 heteroatoms. The minimum atomic E-state index is -1.82. The number of phenolic OH excluding ortho intramolecular Hbond substituents is 1. The van der Waals surface area contributed by atoms with Gasteiger partial charge in [0.25, 0.3) is 0 Å². The number of rotatable bonds is 7. The Morgan fingerprint density at radius 1 is 0.792 bits per heavy atom. The number of imide groups is 2. The molecule has 4 aromatic rings. The molecule has 6 unspecified atom stereocenters. The number of aromatic hydroxyl groups is 1. The number of allylic oxidation sites excluding steroid dienone is 2. The molecule has 4 aliphatic rings. The second-order valence-electron chi connectivity index (χ2n) is 13.8. The van der Waals surface area contributed by atoms with Crippen LogP contribution in [0.4, 0.5) is 11.4 Å². The first-order valence-corrected chi connectivity index (χ1v) is 17.6. The molecule has 6 atom stereocenters. The van der Waals surface area contributed by atoms with E-state index in [9.17, 15) is 29.5 Å². The molecule has 0 aromatic heterocycles. The van der Waals surface area contributed by atoms with E-state index in [-0.39, 0.29) is 46.7 Å². The number of amides is 4. The number of carbonyl (C=O) groups excluding carboxylic acids is 4. The Morgan fingerprint density at radius 3 is 2.19 bits per heavy atom. The van der Waals surface area contributed by atoms with Gasteiger partial charge in [0.1, 0.15) is 17.2 Å². The van der Waals surface area contributed by atoms with Crippen molar-refractivity contribution in [2.45, 2.75) is 24.2 Å². The summed E-state index contributed by atoms with van der Waals surface area (Å²) in [6.07, 6.45) is 2.07. The smallest absolute Gasteiger partial charge is 0.488 e. The number of benzene rings is 4. The number of hydrogen-bond donors (Lipinski definition) is 3. The maximum absolute atomic E-state index is 15.5. The molecule has 0 bridgehead atoms. The molecule has 53 heavy (non-hydrogen) atoms. The predicted octanol–water partition coefficient (Wildman–Crippen LogP) is 4.11. The van der Waals surface area contributed by atoms with Gasteiger partial charge in [-0.25, -0.2) is 4.90 Å². The lowest BCUT2D eigenvalue weighted by molar-refractivity contribution is -0.127. The third-order valence-corrected chi connectivity index (χ3v) is 11.7. The number of hydrogen-bond acceptors (Lipinski definition) is 9. The average molecular weight is 733 g/mol. The second-order valence-corrected chi connectivity index (χ2v) is 14.3. The molecule has 2 saturated heterocycles. The number of fused-ring (bicyclic) bond motifs is 4. The van der Waals surface area contributed by atoms with Crippen LogP contribution in [-0.4, -0.2) is 60.1 Å². The number of halogens is 1. The lowest BCUT2D eigenvalue weighted by atomic mass is 9.49. The highest BCUT2D eigenvalue weighted by atomic mass is 35.5. The van der Waals surface area contributed by atoms with Gasteiger partial charge >= 0.3 is 7.12 Å². The van der Waals surface area contributed by atoms with Crippen molar-refractivity contribution in [2.24, 2.45) is 23.7 Å². The summed E-state index contributed by atoms with van der Waals surface area (Å²) in [5.74, 6) is -6.22. The summed E-state index contributed by atoms with van der Waals surface area (Å²) in [4.78, 5) is 61.4. The van der Waals surface area contributed by atoms with Crippen LogP contribution in [0.25, 0.3) is 0 Å². The molecule has 0 radical (unpaired) electrons. The lowest BCUT2D eigenvalue weighted by Gasteiger charge is -2.51. The van der Waals surface area contributed by atoms with Crippen LogP contribution in [0.5, 0.6) is 17.2 Å². The van der Waals surface area contributed by atoms with Crippen LogP contribution in [0.3, 0.4) is 0 Å². The van der Waals surface area contributed by atoms with E-state index in [1.165, 1.54) is 38.5 Å². The van der Waals surface area contributed by atoms with E-state index in [0.29, 0.717) is 21.9 Å². The van der Waals surface area contributed by atoms with E-state index in [2.05, 4.69) is 0 Å². The molecule has 1 saturated carbocycles. The van der Waals surface area contributed by atoms with Gasteiger partial charge in [0.15, 0.2) is 0 Å². The number of carbonyl (C=O) groups is 4. The van der Waals surface area contributed by atoms with Gasteiger partial charge in [0, 0.05) is 28.6 Å². The Balaban J connectivity index is 1.37. The standard InChI is InChI=1S/C40H34BClN2O9/c1-52-26-18-31(45)34(32(19-26)53-2)35-27-14-15-28-33(38(48)43(36(28)46)24-12-6-10-22(16-24)41(50)51)29(27)20-30-37(47)44(25-13-7-11-23(42)17-25)39(49)40(30,35)21-8-4-3-5-9-21/h3-14,16-19,28-30,33,35,45,50-51H,15,20H2,1-2H3. The third-order valence-electron chi connectivity index (χ3n) is 11.4. The van der Waals surface area contributed by atoms with Crippen molar-refractivity contribution in [2.75, 3.05) is 24.0 Å². The van der Waals surface area contributed by atoms with Gasteiger partial charge in [-0.05, 0) is 60.1 Å². The Bertz CT molecular complexity index is 2230. The monoisotopic (exact) mass is 732 g/mol.